The highest BCUT2D eigenvalue weighted by Gasteiger charge is 2.17. The van der Waals surface area contributed by atoms with Crippen molar-refractivity contribution in [2.75, 3.05) is 7.05 Å². The van der Waals surface area contributed by atoms with E-state index in [1.165, 1.54) is 25.4 Å². The maximum atomic E-state index is 11.7. The van der Waals surface area contributed by atoms with Crippen molar-refractivity contribution < 1.29 is 19.1 Å². The molecule has 0 saturated carbocycles. The lowest BCUT2D eigenvalue weighted by atomic mass is 10.2. The second-order valence-electron chi connectivity index (χ2n) is 5.09. The number of nitrogens with one attached hydrogen (secondary N) is 3. The van der Waals surface area contributed by atoms with Gasteiger partial charge >= 0.3 is 6.09 Å². The van der Waals surface area contributed by atoms with Crippen molar-refractivity contribution in [3.8, 4) is 0 Å². The first-order valence-electron chi connectivity index (χ1n) is 6.20. The van der Waals surface area contributed by atoms with Gasteiger partial charge < -0.3 is 10.1 Å². The molecular formula is C13H18N4O4. The minimum atomic E-state index is -0.780. The third-order valence-electron chi connectivity index (χ3n) is 2.16. The summed E-state index contributed by atoms with van der Waals surface area (Å²) in [5, 5.41) is 2.44. The summed E-state index contributed by atoms with van der Waals surface area (Å²) in [7, 11) is 1.49. The van der Waals surface area contributed by atoms with Crippen molar-refractivity contribution in [3.05, 3.63) is 29.6 Å². The average molecular weight is 294 g/mol. The maximum absolute atomic E-state index is 11.7. The third kappa shape index (κ3) is 5.47. The van der Waals surface area contributed by atoms with Crippen molar-refractivity contribution in [2.24, 2.45) is 0 Å². The van der Waals surface area contributed by atoms with Crippen LogP contribution in [0.15, 0.2) is 18.3 Å². The van der Waals surface area contributed by atoms with Crippen molar-refractivity contribution in [2.45, 2.75) is 26.4 Å². The molecule has 8 heteroatoms. The van der Waals surface area contributed by atoms with Gasteiger partial charge in [0.2, 0.25) is 0 Å². The number of amides is 3. The number of rotatable bonds is 2. The Hall–Kier alpha value is -2.64. The van der Waals surface area contributed by atoms with Crippen LogP contribution < -0.4 is 16.2 Å². The van der Waals surface area contributed by atoms with Crippen LogP contribution in [0, 0.1) is 0 Å². The van der Waals surface area contributed by atoms with Gasteiger partial charge in [-0.1, -0.05) is 0 Å². The number of carbonyl (C=O) groups excluding carboxylic acids is 3. The van der Waals surface area contributed by atoms with Crippen LogP contribution in [0.2, 0.25) is 0 Å². The summed E-state index contributed by atoms with van der Waals surface area (Å²) in [4.78, 5) is 38.2. The van der Waals surface area contributed by atoms with E-state index in [4.69, 9.17) is 4.74 Å². The number of hydrogen-bond donors (Lipinski definition) is 3. The standard InChI is InChI=1S/C13H18N4O4/c1-13(2,3)21-12(20)17-16-11(19)9-6-5-8(7-15-9)10(18)14-4/h5-7H,1-4H3,(H,14,18)(H,16,19)(H,17,20). The lowest BCUT2D eigenvalue weighted by Crippen LogP contribution is -2.44. The van der Waals surface area contributed by atoms with Crippen LogP contribution >= 0.6 is 0 Å². The van der Waals surface area contributed by atoms with E-state index < -0.39 is 17.6 Å². The summed E-state index contributed by atoms with van der Waals surface area (Å²) in [6.07, 6.45) is 0.485. The molecule has 21 heavy (non-hydrogen) atoms. The van der Waals surface area contributed by atoms with Gasteiger partial charge in [-0.25, -0.2) is 10.2 Å². The molecular weight excluding hydrogens is 276 g/mol. The molecule has 3 N–H and O–H groups in total. The SMILES string of the molecule is CNC(=O)c1ccc(C(=O)NNC(=O)OC(C)(C)C)nc1. The van der Waals surface area contributed by atoms with Crippen LogP contribution in [-0.2, 0) is 4.74 Å². The molecule has 0 fully saturated rings. The van der Waals surface area contributed by atoms with E-state index in [9.17, 15) is 14.4 Å². The fraction of sp³-hybridized carbons (Fsp3) is 0.385. The zero-order valence-electron chi connectivity index (χ0n) is 12.3. The molecule has 1 heterocycles. The number of aromatic nitrogens is 1. The fourth-order valence-electron chi connectivity index (χ4n) is 1.28. The molecule has 8 nitrogen and oxygen atoms in total. The highest BCUT2D eigenvalue weighted by molar-refractivity contribution is 5.96. The number of pyridine rings is 1. The Morgan fingerprint density at radius 2 is 1.76 bits per heavy atom. The highest BCUT2D eigenvalue weighted by Crippen LogP contribution is 2.06. The van der Waals surface area contributed by atoms with Gasteiger partial charge in [0.25, 0.3) is 11.8 Å². The molecule has 1 aromatic heterocycles. The molecule has 0 unspecified atom stereocenters. The number of ether oxygens (including phenoxy) is 1. The summed E-state index contributed by atoms with van der Waals surface area (Å²) >= 11 is 0. The topological polar surface area (TPSA) is 109 Å². The minimum absolute atomic E-state index is 0.0544. The highest BCUT2D eigenvalue weighted by atomic mass is 16.6. The van der Waals surface area contributed by atoms with Gasteiger partial charge in [0, 0.05) is 13.2 Å². The average Bonchev–Trinajstić information content (AvgIpc) is 2.42. The van der Waals surface area contributed by atoms with Crippen LogP contribution in [0.1, 0.15) is 41.6 Å². The maximum Gasteiger partial charge on any atom is 0.426 e. The Balaban J connectivity index is 2.56. The van der Waals surface area contributed by atoms with Crippen LogP contribution in [0.3, 0.4) is 0 Å². The fourth-order valence-corrected chi connectivity index (χ4v) is 1.28. The predicted octanol–water partition coefficient (Wildman–Crippen LogP) is 0.611. The Morgan fingerprint density at radius 1 is 1.10 bits per heavy atom. The number of hydrazine groups is 1. The lowest BCUT2D eigenvalue weighted by Gasteiger charge is -2.19. The van der Waals surface area contributed by atoms with Crippen molar-refractivity contribution in [1.82, 2.24) is 21.2 Å². The minimum Gasteiger partial charge on any atom is -0.443 e. The Kier molecular flexibility index (Phi) is 5.23. The number of nitrogens with zero attached hydrogens (tertiary/aromatic N) is 1. The van der Waals surface area contributed by atoms with E-state index in [1.54, 1.807) is 20.8 Å². The molecule has 114 valence electrons. The van der Waals surface area contributed by atoms with E-state index in [-0.39, 0.29) is 11.6 Å². The van der Waals surface area contributed by atoms with Crippen LogP contribution in [0.5, 0.6) is 0 Å². The molecule has 0 aliphatic carbocycles. The quantitative estimate of drug-likeness (QED) is 0.692. The molecule has 1 aromatic rings. The van der Waals surface area contributed by atoms with Gasteiger partial charge in [0.15, 0.2) is 0 Å². The van der Waals surface area contributed by atoms with E-state index >= 15 is 0 Å². The first kappa shape index (κ1) is 16.4. The third-order valence-corrected chi connectivity index (χ3v) is 2.16. The lowest BCUT2D eigenvalue weighted by molar-refractivity contribution is 0.0483. The second kappa shape index (κ2) is 6.69. The summed E-state index contributed by atoms with van der Waals surface area (Å²) in [6, 6.07) is 2.82. The molecule has 0 spiro atoms. The van der Waals surface area contributed by atoms with E-state index in [0.29, 0.717) is 5.56 Å². The van der Waals surface area contributed by atoms with Gasteiger partial charge in [0.05, 0.1) is 5.56 Å². The van der Waals surface area contributed by atoms with Gasteiger partial charge in [-0.05, 0) is 32.9 Å². The van der Waals surface area contributed by atoms with Gasteiger partial charge in [-0.2, -0.15) is 0 Å². The van der Waals surface area contributed by atoms with E-state index in [2.05, 4.69) is 21.2 Å². The molecule has 0 saturated heterocycles. The van der Waals surface area contributed by atoms with E-state index in [1.807, 2.05) is 0 Å². The summed E-state index contributed by atoms with van der Waals surface area (Å²) < 4.78 is 4.95. The van der Waals surface area contributed by atoms with E-state index in [0.717, 1.165) is 0 Å². The molecule has 0 aliphatic rings. The molecule has 0 atom stereocenters. The monoisotopic (exact) mass is 294 g/mol. The first-order chi connectivity index (χ1) is 9.73. The van der Waals surface area contributed by atoms with Crippen molar-refractivity contribution in [1.29, 1.82) is 0 Å². The summed E-state index contributed by atoms with van der Waals surface area (Å²) in [5.41, 5.74) is 3.98. The smallest absolute Gasteiger partial charge is 0.426 e. The molecule has 3 amide bonds. The first-order valence-corrected chi connectivity index (χ1v) is 6.20. The van der Waals surface area contributed by atoms with Gasteiger partial charge in [-0.15, -0.1) is 0 Å². The second-order valence-corrected chi connectivity index (χ2v) is 5.09. The number of hydrogen-bond acceptors (Lipinski definition) is 5. The summed E-state index contributed by atoms with van der Waals surface area (Å²) in [6.45, 7) is 5.11. The molecule has 0 bridgehead atoms. The van der Waals surface area contributed by atoms with Crippen LogP contribution in [0.25, 0.3) is 0 Å². The van der Waals surface area contributed by atoms with Gasteiger partial charge in [-0.3, -0.25) is 20.0 Å². The zero-order valence-corrected chi connectivity index (χ0v) is 12.3. The molecule has 0 aliphatic heterocycles. The zero-order chi connectivity index (χ0) is 16.0. The molecule has 0 radical (unpaired) electrons. The van der Waals surface area contributed by atoms with Crippen molar-refractivity contribution in [3.63, 3.8) is 0 Å². The van der Waals surface area contributed by atoms with Crippen LogP contribution in [0.4, 0.5) is 4.79 Å². The Bertz CT molecular complexity index is 534. The normalized spacial score (nSPS) is 10.5. The predicted molar refractivity (Wildman–Crippen MR) is 74.5 cm³/mol. The summed E-state index contributed by atoms with van der Waals surface area (Å²) in [5.74, 6) is -0.925. The molecule has 1 rings (SSSR count). The Morgan fingerprint density at radius 3 is 2.24 bits per heavy atom. The van der Waals surface area contributed by atoms with Crippen molar-refractivity contribution >= 4 is 17.9 Å². The largest absolute Gasteiger partial charge is 0.443 e. The number of carbonyl (C=O) groups is 3. The molecule has 0 aromatic carbocycles. The van der Waals surface area contributed by atoms with Gasteiger partial charge in [0.1, 0.15) is 11.3 Å². The van der Waals surface area contributed by atoms with Crippen LogP contribution in [-0.4, -0.2) is 35.5 Å². The Labute approximate surface area is 122 Å².